The Kier molecular flexibility index (Phi) is 6.45. The summed E-state index contributed by atoms with van der Waals surface area (Å²) < 4.78 is 11.4. The zero-order valence-electron chi connectivity index (χ0n) is 12.7. The van der Waals surface area contributed by atoms with E-state index < -0.39 is 0 Å². The Labute approximate surface area is 126 Å². The number of morpholine rings is 1. The second-order valence-electron chi connectivity index (χ2n) is 5.56. The van der Waals surface area contributed by atoms with E-state index in [-0.39, 0.29) is 18.8 Å². The number of hydrogen-bond donors (Lipinski definition) is 2. The second kappa shape index (κ2) is 8.34. The molecule has 0 bridgehead atoms. The number of rotatable bonds is 7. The number of ether oxygens (including phenoxy) is 2. The van der Waals surface area contributed by atoms with Gasteiger partial charge in [0, 0.05) is 26.2 Å². The first-order chi connectivity index (χ1) is 10.2. The van der Waals surface area contributed by atoms with Gasteiger partial charge >= 0.3 is 0 Å². The van der Waals surface area contributed by atoms with E-state index in [1.807, 2.05) is 31.2 Å². The molecule has 0 aliphatic carbocycles. The molecule has 5 nitrogen and oxygen atoms in total. The van der Waals surface area contributed by atoms with Gasteiger partial charge in [0.25, 0.3) is 0 Å². The predicted molar refractivity (Wildman–Crippen MR) is 82.3 cm³/mol. The van der Waals surface area contributed by atoms with Gasteiger partial charge in [-0.2, -0.15) is 0 Å². The number of aliphatic hydroxyl groups excluding tert-OH is 1. The molecule has 2 unspecified atom stereocenters. The van der Waals surface area contributed by atoms with Crippen molar-refractivity contribution < 1.29 is 14.6 Å². The fraction of sp³-hybridized carbons (Fsp3) is 0.625. The maximum Gasteiger partial charge on any atom is 0.119 e. The summed E-state index contributed by atoms with van der Waals surface area (Å²) in [5, 5.41) is 9.20. The minimum Gasteiger partial charge on any atom is -0.494 e. The van der Waals surface area contributed by atoms with Crippen LogP contribution < -0.4 is 10.5 Å². The lowest BCUT2D eigenvalue weighted by atomic mass is 10.2. The molecule has 5 heteroatoms. The monoisotopic (exact) mass is 294 g/mol. The van der Waals surface area contributed by atoms with Gasteiger partial charge in [-0.05, 0) is 31.0 Å². The van der Waals surface area contributed by atoms with Gasteiger partial charge in [-0.1, -0.05) is 12.1 Å². The summed E-state index contributed by atoms with van der Waals surface area (Å²) in [6, 6.07) is 7.90. The highest BCUT2D eigenvalue weighted by Crippen LogP contribution is 2.13. The van der Waals surface area contributed by atoms with Crippen LogP contribution in [-0.4, -0.2) is 55.1 Å². The molecule has 1 saturated heterocycles. The number of aliphatic hydroxyl groups is 1. The molecule has 1 aliphatic rings. The van der Waals surface area contributed by atoms with Crippen LogP contribution >= 0.6 is 0 Å². The maximum atomic E-state index is 9.20. The first-order valence-electron chi connectivity index (χ1n) is 7.61. The van der Waals surface area contributed by atoms with Gasteiger partial charge in [0.05, 0.1) is 25.4 Å². The van der Waals surface area contributed by atoms with Crippen LogP contribution in [0.5, 0.6) is 5.75 Å². The van der Waals surface area contributed by atoms with Crippen LogP contribution in [0.4, 0.5) is 0 Å². The van der Waals surface area contributed by atoms with Crippen molar-refractivity contribution in [2.45, 2.75) is 32.1 Å². The van der Waals surface area contributed by atoms with Crippen molar-refractivity contribution in [1.29, 1.82) is 0 Å². The van der Waals surface area contributed by atoms with Crippen molar-refractivity contribution in [3.05, 3.63) is 29.8 Å². The van der Waals surface area contributed by atoms with Crippen LogP contribution in [0, 0.1) is 0 Å². The first kappa shape index (κ1) is 16.2. The van der Waals surface area contributed by atoms with Gasteiger partial charge < -0.3 is 20.3 Å². The van der Waals surface area contributed by atoms with Crippen molar-refractivity contribution in [3.63, 3.8) is 0 Å². The topological polar surface area (TPSA) is 68.0 Å². The normalized spacial score (nSPS) is 23.2. The first-order valence-corrected chi connectivity index (χ1v) is 7.61. The average molecular weight is 294 g/mol. The van der Waals surface area contributed by atoms with Gasteiger partial charge in [-0.3, -0.25) is 4.90 Å². The SMILES string of the molecule is CC1CN(CCCOc2ccc(CN)cc2)CC(CO)O1. The Morgan fingerprint density at radius 1 is 1.33 bits per heavy atom. The fourth-order valence-electron chi connectivity index (χ4n) is 2.62. The van der Waals surface area contributed by atoms with E-state index in [9.17, 15) is 5.11 Å². The van der Waals surface area contributed by atoms with Crippen molar-refractivity contribution in [2.24, 2.45) is 5.73 Å². The quantitative estimate of drug-likeness (QED) is 0.734. The maximum absolute atomic E-state index is 9.20. The zero-order chi connectivity index (χ0) is 15.1. The average Bonchev–Trinajstić information content (AvgIpc) is 2.51. The summed E-state index contributed by atoms with van der Waals surface area (Å²) in [5.41, 5.74) is 6.67. The van der Waals surface area contributed by atoms with Crippen LogP contribution in [-0.2, 0) is 11.3 Å². The molecule has 1 aromatic carbocycles. The summed E-state index contributed by atoms with van der Waals surface area (Å²) in [6.45, 7) is 6.06. The molecule has 0 saturated carbocycles. The number of nitrogens with zero attached hydrogens (tertiary/aromatic N) is 1. The molecule has 1 aliphatic heterocycles. The minimum atomic E-state index is -0.0570. The smallest absolute Gasteiger partial charge is 0.119 e. The molecule has 3 N–H and O–H groups in total. The molecule has 1 heterocycles. The van der Waals surface area contributed by atoms with E-state index in [4.69, 9.17) is 15.2 Å². The van der Waals surface area contributed by atoms with Gasteiger partial charge in [-0.15, -0.1) is 0 Å². The third-order valence-corrected chi connectivity index (χ3v) is 3.65. The summed E-state index contributed by atoms with van der Waals surface area (Å²) in [5.74, 6) is 0.885. The van der Waals surface area contributed by atoms with E-state index in [0.717, 1.165) is 37.4 Å². The van der Waals surface area contributed by atoms with E-state index in [1.54, 1.807) is 0 Å². The lowest BCUT2D eigenvalue weighted by Crippen LogP contribution is -2.48. The Balaban J connectivity index is 1.66. The van der Waals surface area contributed by atoms with Gasteiger partial charge in [0.2, 0.25) is 0 Å². The van der Waals surface area contributed by atoms with E-state index >= 15 is 0 Å². The van der Waals surface area contributed by atoms with Crippen molar-refractivity contribution in [3.8, 4) is 5.75 Å². The third kappa shape index (κ3) is 5.28. The molecular weight excluding hydrogens is 268 g/mol. The standard InChI is InChI=1S/C16H26N2O3/c1-13-10-18(11-16(12-19)21-13)7-2-8-20-15-5-3-14(9-17)4-6-15/h3-6,13,16,19H,2,7-12,17H2,1H3. The molecule has 118 valence electrons. The summed E-state index contributed by atoms with van der Waals surface area (Å²) in [6.07, 6.45) is 1.09. The van der Waals surface area contributed by atoms with Crippen LogP contribution in [0.15, 0.2) is 24.3 Å². The number of hydrogen-bond acceptors (Lipinski definition) is 5. The van der Waals surface area contributed by atoms with E-state index in [2.05, 4.69) is 4.90 Å². The summed E-state index contributed by atoms with van der Waals surface area (Å²) in [7, 11) is 0. The molecule has 0 aromatic heterocycles. The van der Waals surface area contributed by atoms with E-state index in [0.29, 0.717) is 13.2 Å². The summed E-state index contributed by atoms with van der Waals surface area (Å²) >= 11 is 0. The Morgan fingerprint density at radius 3 is 2.76 bits per heavy atom. The Morgan fingerprint density at radius 2 is 2.10 bits per heavy atom. The highest BCUT2D eigenvalue weighted by molar-refractivity contribution is 5.26. The van der Waals surface area contributed by atoms with Crippen molar-refractivity contribution in [1.82, 2.24) is 4.90 Å². The Hall–Kier alpha value is -1.14. The molecule has 2 rings (SSSR count). The van der Waals surface area contributed by atoms with Crippen LogP contribution in [0.1, 0.15) is 18.9 Å². The second-order valence-corrected chi connectivity index (χ2v) is 5.56. The largest absolute Gasteiger partial charge is 0.494 e. The lowest BCUT2D eigenvalue weighted by molar-refractivity contribution is -0.0955. The van der Waals surface area contributed by atoms with Gasteiger partial charge in [0.1, 0.15) is 5.75 Å². The number of benzene rings is 1. The number of nitrogens with two attached hydrogens (primary N) is 1. The van der Waals surface area contributed by atoms with Crippen LogP contribution in [0.25, 0.3) is 0 Å². The molecule has 1 aromatic rings. The lowest BCUT2D eigenvalue weighted by Gasteiger charge is -2.36. The van der Waals surface area contributed by atoms with Crippen molar-refractivity contribution >= 4 is 0 Å². The molecule has 0 spiro atoms. The molecule has 21 heavy (non-hydrogen) atoms. The molecular formula is C16H26N2O3. The fourth-order valence-corrected chi connectivity index (χ4v) is 2.62. The highest BCUT2D eigenvalue weighted by Gasteiger charge is 2.23. The third-order valence-electron chi connectivity index (χ3n) is 3.65. The molecule has 0 radical (unpaired) electrons. The van der Waals surface area contributed by atoms with Crippen LogP contribution in [0.3, 0.4) is 0 Å². The summed E-state index contributed by atoms with van der Waals surface area (Å²) in [4.78, 5) is 2.33. The molecule has 1 fully saturated rings. The zero-order valence-corrected chi connectivity index (χ0v) is 12.7. The minimum absolute atomic E-state index is 0.0570. The molecule has 2 atom stereocenters. The Bertz CT molecular complexity index is 410. The molecule has 0 amide bonds. The van der Waals surface area contributed by atoms with Crippen molar-refractivity contribution in [2.75, 3.05) is 32.8 Å². The van der Waals surface area contributed by atoms with Gasteiger partial charge in [0.15, 0.2) is 0 Å². The predicted octanol–water partition coefficient (Wildman–Crippen LogP) is 0.996. The van der Waals surface area contributed by atoms with Crippen LogP contribution in [0.2, 0.25) is 0 Å². The van der Waals surface area contributed by atoms with E-state index in [1.165, 1.54) is 0 Å². The van der Waals surface area contributed by atoms with Gasteiger partial charge in [-0.25, -0.2) is 0 Å². The highest BCUT2D eigenvalue weighted by atomic mass is 16.5.